The van der Waals surface area contributed by atoms with Crippen LogP contribution in [0.1, 0.15) is 11.1 Å². The second kappa shape index (κ2) is 7.60. The minimum absolute atomic E-state index is 0.0739. The van der Waals surface area contributed by atoms with Crippen LogP contribution < -0.4 is 9.64 Å². The molecule has 4 heteroatoms. The molecular weight excluding hydrogens is 314 g/mol. The van der Waals surface area contributed by atoms with E-state index < -0.39 is 0 Å². The van der Waals surface area contributed by atoms with Gasteiger partial charge in [0.15, 0.2) is 0 Å². The SMILES string of the molecule is COc1ccc(CC2COC(=O)C2Cc2ccc(N(C)C)cc2)cc1. The van der Waals surface area contributed by atoms with Crippen molar-refractivity contribution < 1.29 is 14.3 Å². The number of carbonyl (C=O) groups is 1. The smallest absolute Gasteiger partial charge is 0.309 e. The van der Waals surface area contributed by atoms with Crippen LogP contribution in [0.25, 0.3) is 0 Å². The van der Waals surface area contributed by atoms with Crippen molar-refractivity contribution >= 4 is 11.7 Å². The number of ether oxygens (including phenoxy) is 2. The fourth-order valence-electron chi connectivity index (χ4n) is 3.30. The number of anilines is 1. The molecule has 0 aliphatic carbocycles. The third-order valence-electron chi connectivity index (χ3n) is 4.88. The molecule has 0 bridgehead atoms. The maximum Gasteiger partial charge on any atom is 0.309 e. The monoisotopic (exact) mass is 339 g/mol. The van der Waals surface area contributed by atoms with Gasteiger partial charge in [0.1, 0.15) is 5.75 Å². The molecule has 1 aliphatic heterocycles. The average molecular weight is 339 g/mol. The zero-order valence-electron chi connectivity index (χ0n) is 15.1. The van der Waals surface area contributed by atoms with Gasteiger partial charge in [-0.15, -0.1) is 0 Å². The van der Waals surface area contributed by atoms with Gasteiger partial charge in [0, 0.05) is 25.7 Å². The molecule has 0 spiro atoms. The van der Waals surface area contributed by atoms with E-state index in [1.54, 1.807) is 7.11 Å². The molecule has 0 aromatic heterocycles. The lowest BCUT2D eigenvalue weighted by atomic mass is 9.85. The molecule has 4 nitrogen and oxygen atoms in total. The van der Waals surface area contributed by atoms with Gasteiger partial charge in [0.2, 0.25) is 0 Å². The van der Waals surface area contributed by atoms with Crippen LogP contribution in [0.3, 0.4) is 0 Å². The van der Waals surface area contributed by atoms with Gasteiger partial charge in [0.05, 0.1) is 19.6 Å². The molecule has 1 aliphatic rings. The predicted molar refractivity (Wildman–Crippen MR) is 99.1 cm³/mol. The first-order valence-electron chi connectivity index (χ1n) is 8.62. The number of hydrogen-bond acceptors (Lipinski definition) is 4. The lowest BCUT2D eigenvalue weighted by molar-refractivity contribution is -0.141. The molecule has 1 heterocycles. The molecule has 1 fully saturated rings. The van der Waals surface area contributed by atoms with Crippen molar-refractivity contribution in [3.05, 3.63) is 59.7 Å². The second-order valence-corrected chi connectivity index (χ2v) is 6.81. The van der Waals surface area contributed by atoms with Crippen LogP contribution in [0.15, 0.2) is 48.5 Å². The second-order valence-electron chi connectivity index (χ2n) is 6.81. The molecule has 0 radical (unpaired) electrons. The zero-order chi connectivity index (χ0) is 17.8. The summed E-state index contributed by atoms with van der Waals surface area (Å²) in [5, 5.41) is 0. The highest BCUT2D eigenvalue weighted by Crippen LogP contribution is 2.30. The lowest BCUT2D eigenvalue weighted by Gasteiger charge is -2.17. The summed E-state index contributed by atoms with van der Waals surface area (Å²) in [5.74, 6) is 0.914. The third kappa shape index (κ3) is 4.13. The predicted octanol–water partition coefficient (Wildman–Crippen LogP) is 3.34. The van der Waals surface area contributed by atoms with Gasteiger partial charge >= 0.3 is 5.97 Å². The van der Waals surface area contributed by atoms with E-state index in [9.17, 15) is 4.79 Å². The maximum absolute atomic E-state index is 12.2. The number of methoxy groups -OCH3 is 1. The van der Waals surface area contributed by atoms with E-state index in [1.165, 1.54) is 11.1 Å². The van der Waals surface area contributed by atoms with Crippen molar-refractivity contribution in [2.45, 2.75) is 12.8 Å². The minimum Gasteiger partial charge on any atom is -0.497 e. The van der Waals surface area contributed by atoms with Crippen molar-refractivity contribution in [2.24, 2.45) is 11.8 Å². The summed E-state index contributed by atoms with van der Waals surface area (Å²) in [6.07, 6.45) is 1.57. The van der Waals surface area contributed by atoms with Crippen molar-refractivity contribution in [1.82, 2.24) is 0 Å². The molecular formula is C21H25NO3. The first kappa shape index (κ1) is 17.3. The van der Waals surface area contributed by atoms with Crippen LogP contribution in [-0.4, -0.2) is 33.8 Å². The molecule has 2 aromatic carbocycles. The molecule has 0 saturated carbocycles. The molecule has 0 amide bonds. The first-order chi connectivity index (χ1) is 12.1. The number of nitrogens with zero attached hydrogens (tertiary/aromatic N) is 1. The Morgan fingerprint density at radius 1 is 1.00 bits per heavy atom. The zero-order valence-corrected chi connectivity index (χ0v) is 15.1. The molecule has 2 aromatic rings. The third-order valence-corrected chi connectivity index (χ3v) is 4.88. The summed E-state index contributed by atoms with van der Waals surface area (Å²) < 4.78 is 10.6. The minimum atomic E-state index is -0.0766. The normalized spacial score (nSPS) is 19.6. The summed E-state index contributed by atoms with van der Waals surface area (Å²) in [6.45, 7) is 0.505. The Morgan fingerprint density at radius 3 is 2.20 bits per heavy atom. The van der Waals surface area contributed by atoms with Crippen molar-refractivity contribution in [3.8, 4) is 5.75 Å². The summed E-state index contributed by atoms with van der Waals surface area (Å²) in [4.78, 5) is 14.3. The highest BCUT2D eigenvalue weighted by molar-refractivity contribution is 5.75. The molecule has 0 N–H and O–H groups in total. The summed E-state index contributed by atoms with van der Waals surface area (Å²) in [7, 11) is 5.71. The van der Waals surface area contributed by atoms with E-state index in [-0.39, 0.29) is 17.8 Å². The fourth-order valence-corrected chi connectivity index (χ4v) is 3.30. The van der Waals surface area contributed by atoms with E-state index in [0.29, 0.717) is 6.61 Å². The van der Waals surface area contributed by atoms with Crippen LogP contribution in [0.4, 0.5) is 5.69 Å². The Hall–Kier alpha value is -2.49. The molecule has 25 heavy (non-hydrogen) atoms. The van der Waals surface area contributed by atoms with Gasteiger partial charge < -0.3 is 14.4 Å². The van der Waals surface area contributed by atoms with Gasteiger partial charge in [-0.2, -0.15) is 0 Å². The van der Waals surface area contributed by atoms with Gasteiger partial charge in [0.25, 0.3) is 0 Å². The van der Waals surface area contributed by atoms with Crippen LogP contribution in [0.2, 0.25) is 0 Å². The largest absolute Gasteiger partial charge is 0.497 e. The van der Waals surface area contributed by atoms with Crippen LogP contribution in [-0.2, 0) is 22.4 Å². The van der Waals surface area contributed by atoms with Crippen molar-refractivity contribution in [3.63, 3.8) is 0 Å². The van der Waals surface area contributed by atoms with Gasteiger partial charge in [-0.25, -0.2) is 0 Å². The topological polar surface area (TPSA) is 38.8 Å². The van der Waals surface area contributed by atoms with Gasteiger partial charge in [-0.1, -0.05) is 24.3 Å². The van der Waals surface area contributed by atoms with Gasteiger partial charge in [-0.05, 0) is 48.2 Å². The number of hydrogen-bond donors (Lipinski definition) is 0. The highest BCUT2D eigenvalue weighted by Gasteiger charge is 2.36. The van der Waals surface area contributed by atoms with E-state index in [1.807, 2.05) is 26.2 Å². The Labute approximate surface area is 149 Å². The van der Waals surface area contributed by atoms with E-state index in [4.69, 9.17) is 9.47 Å². The van der Waals surface area contributed by atoms with Crippen molar-refractivity contribution in [2.75, 3.05) is 32.7 Å². The van der Waals surface area contributed by atoms with Crippen molar-refractivity contribution in [1.29, 1.82) is 0 Å². The highest BCUT2D eigenvalue weighted by atomic mass is 16.5. The quantitative estimate of drug-likeness (QED) is 0.757. The van der Waals surface area contributed by atoms with Gasteiger partial charge in [-0.3, -0.25) is 4.79 Å². The lowest BCUT2D eigenvalue weighted by Crippen LogP contribution is -2.20. The van der Waals surface area contributed by atoms with Crippen LogP contribution >= 0.6 is 0 Å². The summed E-state index contributed by atoms with van der Waals surface area (Å²) >= 11 is 0. The van der Waals surface area contributed by atoms with E-state index in [2.05, 4.69) is 41.3 Å². The molecule has 3 rings (SSSR count). The molecule has 1 saturated heterocycles. The standard InChI is InChI=1S/C21H25NO3/c1-22(2)18-8-4-16(5-9-18)13-20-17(14-25-21(20)23)12-15-6-10-19(24-3)11-7-15/h4-11,17,20H,12-14H2,1-3H3. The van der Waals surface area contributed by atoms with Crippen LogP contribution in [0, 0.1) is 11.8 Å². The average Bonchev–Trinajstić information content (AvgIpc) is 2.96. The Morgan fingerprint density at radius 2 is 1.60 bits per heavy atom. The summed E-state index contributed by atoms with van der Waals surface area (Å²) in [6, 6.07) is 16.4. The molecule has 132 valence electrons. The maximum atomic E-state index is 12.2. The Bertz CT molecular complexity index is 707. The van der Waals surface area contributed by atoms with Crippen LogP contribution in [0.5, 0.6) is 5.75 Å². The van der Waals surface area contributed by atoms with E-state index >= 15 is 0 Å². The number of esters is 1. The fraction of sp³-hybridized carbons (Fsp3) is 0.381. The number of carbonyl (C=O) groups excluding carboxylic acids is 1. The number of cyclic esters (lactones) is 1. The molecule has 2 unspecified atom stereocenters. The number of rotatable bonds is 6. The number of benzene rings is 2. The first-order valence-corrected chi connectivity index (χ1v) is 8.62. The Kier molecular flexibility index (Phi) is 5.27. The molecule has 2 atom stereocenters. The Balaban J connectivity index is 1.68. The van der Waals surface area contributed by atoms with E-state index in [0.717, 1.165) is 24.3 Å². The summed E-state index contributed by atoms with van der Waals surface area (Å²) in [5.41, 5.74) is 3.54.